The number of aromatic nitrogens is 1. The quantitative estimate of drug-likeness (QED) is 0.403. The molecule has 0 aliphatic rings. The van der Waals surface area contributed by atoms with Crippen molar-refractivity contribution in [2.75, 3.05) is 5.43 Å². The molecule has 0 saturated heterocycles. The third kappa shape index (κ3) is 2.67. The molecule has 0 saturated carbocycles. The van der Waals surface area contributed by atoms with E-state index in [9.17, 15) is 0 Å². The number of rotatable bonds is 1. The molecular formula is C5H7N3Sn. The molecule has 0 aliphatic heterocycles. The maximum atomic E-state index is 5.04. The summed E-state index contributed by atoms with van der Waals surface area (Å²) < 4.78 is 0. The van der Waals surface area contributed by atoms with Crippen molar-refractivity contribution in [1.29, 1.82) is 0 Å². The van der Waals surface area contributed by atoms with Crippen LogP contribution in [0.25, 0.3) is 0 Å². The first-order chi connectivity index (χ1) is 3.93. The second-order valence-electron chi connectivity index (χ2n) is 1.36. The monoisotopic (exact) mass is 229 g/mol. The Labute approximate surface area is 70.6 Å². The van der Waals surface area contributed by atoms with E-state index in [-0.39, 0.29) is 23.9 Å². The van der Waals surface area contributed by atoms with Gasteiger partial charge in [0, 0.05) is 30.1 Å². The van der Waals surface area contributed by atoms with Crippen LogP contribution in [0.1, 0.15) is 0 Å². The Kier molecular flexibility index (Phi) is 4.43. The van der Waals surface area contributed by atoms with E-state index in [2.05, 4.69) is 10.4 Å². The largest absolute Gasteiger partial charge is 0.308 e. The molecule has 1 heterocycles. The first-order valence-corrected chi connectivity index (χ1v) is 2.31. The summed E-state index contributed by atoms with van der Waals surface area (Å²) in [4.78, 5) is 3.86. The molecule has 0 unspecified atom stereocenters. The van der Waals surface area contributed by atoms with Crippen molar-refractivity contribution >= 4 is 29.7 Å². The number of pyridine rings is 1. The zero-order chi connectivity index (χ0) is 5.82. The molecule has 0 fully saturated rings. The number of hydrogen-bond acceptors (Lipinski definition) is 3. The van der Waals surface area contributed by atoms with E-state index in [0.717, 1.165) is 0 Å². The Hall–Kier alpha value is -0.291. The van der Waals surface area contributed by atoms with Crippen molar-refractivity contribution in [3.8, 4) is 0 Å². The van der Waals surface area contributed by atoms with Crippen LogP contribution in [0.2, 0.25) is 0 Å². The minimum absolute atomic E-state index is 0. The van der Waals surface area contributed by atoms with E-state index >= 15 is 0 Å². The van der Waals surface area contributed by atoms with Gasteiger partial charge in [0.25, 0.3) is 0 Å². The smallest absolute Gasteiger partial charge is 0.139 e. The average Bonchev–Trinajstić information content (AvgIpc) is 1.90. The fourth-order valence-corrected chi connectivity index (χ4v) is 0.448. The van der Waals surface area contributed by atoms with Gasteiger partial charge >= 0.3 is 0 Å². The van der Waals surface area contributed by atoms with Crippen molar-refractivity contribution < 1.29 is 0 Å². The number of hydrazine groups is 1. The van der Waals surface area contributed by atoms with Gasteiger partial charge in [0.2, 0.25) is 0 Å². The molecule has 4 radical (unpaired) electrons. The molecule has 0 aliphatic carbocycles. The van der Waals surface area contributed by atoms with Gasteiger partial charge in [-0.2, -0.15) is 0 Å². The minimum Gasteiger partial charge on any atom is -0.308 e. The van der Waals surface area contributed by atoms with E-state index in [1.165, 1.54) is 0 Å². The Bertz CT molecular complexity index is 154. The summed E-state index contributed by atoms with van der Waals surface area (Å²) in [5.41, 5.74) is 2.42. The van der Waals surface area contributed by atoms with Crippen LogP contribution in [0.15, 0.2) is 24.4 Å². The number of nitrogens with one attached hydrogen (secondary N) is 1. The summed E-state index contributed by atoms with van der Waals surface area (Å²) in [5, 5.41) is 0. The summed E-state index contributed by atoms with van der Waals surface area (Å²) in [6.45, 7) is 0. The predicted octanol–water partition coefficient (Wildman–Crippen LogP) is -0.0136. The number of nitrogen functional groups attached to an aromatic ring is 1. The molecule has 46 valence electrons. The van der Waals surface area contributed by atoms with Gasteiger partial charge in [0.1, 0.15) is 5.82 Å². The molecule has 3 nitrogen and oxygen atoms in total. The summed E-state index contributed by atoms with van der Waals surface area (Å²) in [5.74, 6) is 5.72. The van der Waals surface area contributed by atoms with Crippen LogP contribution < -0.4 is 11.3 Å². The van der Waals surface area contributed by atoms with Gasteiger partial charge in [-0.15, -0.1) is 0 Å². The van der Waals surface area contributed by atoms with Gasteiger partial charge in [-0.05, 0) is 12.1 Å². The van der Waals surface area contributed by atoms with Crippen molar-refractivity contribution in [3.63, 3.8) is 0 Å². The summed E-state index contributed by atoms with van der Waals surface area (Å²) in [6.07, 6.45) is 1.68. The maximum Gasteiger partial charge on any atom is 0.139 e. The molecular weight excluding hydrogens is 221 g/mol. The van der Waals surface area contributed by atoms with Gasteiger partial charge in [-0.3, -0.25) is 0 Å². The van der Waals surface area contributed by atoms with E-state index < -0.39 is 0 Å². The molecule has 0 amide bonds. The Morgan fingerprint density at radius 3 is 2.56 bits per heavy atom. The molecule has 0 bridgehead atoms. The molecule has 3 N–H and O–H groups in total. The molecule has 1 aromatic heterocycles. The molecule has 1 aromatic rings. The Morgan fingerprint density at radius 1 is 1.44 bits per heavy atom. The number of hydrogen-bond donors (Lipinski definition) is 2. The van der Waals surface area contributed by atoms with Gasteiger partial charge in [-0.25, -0.2) is 10.8 Å². The van der Waals surface area contributed by atoms with E-state index in [1.54, 1.807) is 12.3 Å². The van der Waals surface area contributed by atoms with E-state index in [1.807, 2.05) is 12.1 Å². The first kappa shape index (κ1) is 8.71. The number of nitrogens with zero attached hydrogens (tertiary/aromatic N) is 1. The molecule has 0 aromatic carbocycles. The third-order valence-corrected chi connectivity index (χ3v) is 0.813. The fourth-order valence-electron chi connectivity index (χ4n) is 0.448. The second kappa shape index (κ2) is 4.57. The molecule has 0 spiro atoms. The minimum atomic E-state index is 0. The van der Waals surface area contributed by atoms with Gasteiger partial charge in [0.15, 0.2) is 0 Å². The second-order valence-corrected chi connectivity index (χ2v) is 1.36. The van der Waals surface area contributed by atoms with Crippen LogP contribution in [0, 0.1) is 0 Å². The normalized spacial score (nSPS) is 7.67. The van der Waals surface area contributed by atoms with Crippen LogP contribution in [0.4, 0.5) is 5.82 Å². The van der Waals surface area contributed by atoms with Crippen molar-refractivity contribution in [2.24, 2.45) is 5.84 Å². The maximum absolute atomic E-state index is 5.04. The van der Waals surface area contributed by atoms with Crippen LogP contribution in [0.5, 0.6) is 0 Å². The molecule has 0 atom stereocenters. The molecule has 1 rings (SSSR count). The summed E-state index contributed by atoms with van der Waals surface area (Å²) in [7, 11) is 0. The summed E-state index contributed by atoms with van der Waals surface area (Å²) >= 11 is 0. The van der Waals surface area contributed by atoms with Crippen LogP contribution in [0.3, 0.4) is 0 Å². The van der Waals surface area contributed by atoms with Gasteiger partial charge < -0.3 is 5.43 Å². The topological polar surface area (TPSA) is 50.9 Å². The first-order valence-electron chi connectivity index (χ1n) is 2.31. The van der Waals surface area contributed by atoms with Gasteiger partial charge in [0.05, 0.1) is 0 Å². The van der Waals surface area contributed by atoms with Crippen LogP contribution in [-0.2, 0) is 0 Å². The standard InChI is InChI=1S/C5H7N3.Sn/c6-8-5-3-1-2-4-7-5;/h1-4H,6H2,(H,7,8);. The SMILES string of the molecule is NNc1ccccn1.[Sn]. The average molecular weight is 228 g/mol. The number of nitrogens with two attached hydrogens (primary N) is 1. The Balaban J connectivity index is 0.000000640. The fraction of sp³-hybridized carbons (Fsp3) is 0. The van der Waals surface area contributed by atoms with Crippen LogP contribution >= 0.6 is 0 Å². The van der Waals surface area contributed by atoms with Crippen molar-refractivity contribution in [1.82, 2.24) is 4.98 Å². The van der Waals surface area contributed by atoms with Gasteiger partial charge in [-0.1, -0.05) is 6.07 Å². The predicted molar refractivity (Wildman–Crippen MR) is 37.8 cm³/mol. The van der Waals surface area contributed by atoms with Crippen LogP contribution in [-0.4, -0.2) is 28.9 Å². The van der Waals surface area contributed by atoms with E-state index in [4.69, 9.17) is 5.84 Å². The summed E-state index contributed by atoms with van der Waals surface area (Å²) in [6, 6.07) is 5.49. The van der Waals surface area contributed by atoms with E-state index in [0.29, 0.717) is 5.82 Å². The Morgan fingerprint density at radius 2 is 2.22 bits per heavy atom. The van der Waals surface area contributed by atoms with Crippen molar-refractivity contribution in [2.45, 2.75) is 0 Å². The third-order valence-electron chi connectivity index (χ3n) is 0.813. The zero-order valence-corrected chi connectivity index (χ0v) is 7.69. The molecule has 9 heavy (non-hydrogen) atoms. The zero-order valence-electron chi connectivity index (χ0n) is 4.83. The van der Waals surface area contributed by atoms with Crippen molar-refractivity contribution in [3.05, 3.63) is 24.4 Å². The molecule has 4 heteroatoms. The number of anilines is 1.